The summed E-state index contributed by atoms with van der Waals surface area (Å²) in [6.45, 7) is 5.17. The zero-order chi connectivity index (χ0) is 7.56. The summed E-state index contributed by atoms with van der Waals surface area (Å²) in [7, 11) is 0. The van der Waals surface area contributed by atoms with Gasteiger partial charge in [0.05, 0.1) is 6.54 Å². The second-order valence-electron chi connectivity index (χ2n) is 2.50. The van der Waals surface area contributed by atoms with Crippen LogP contribution in [0.5, 0.6) is 0 Å². The molecule has 74 valence electrons. The van der Waals surface area contributed by atoms with Crippen LogP contribution in [0.15, 0.2) is 0 Å². The number of hydrogen-bond acceptors (Lipinski definition) is 2. The molecule has 1 amide bonds. The predicted octanol–water partition coefficient (Wildman–Crippen LogP) is 1.87. The number of rotatable bonds is 3. The van der Waals surface area contributed by atoms with Crippen LogP contribution in [0, 0.1) is 0 Å². The summed E-state index contributed by atoms with van der Waals surface area (Å²) in [5.41, 5.74) is 0. The molecule has 3 nitrogen and oxygen atoms in total. The minimum Gasteiger partial charge on any atom is -0.356 e. The van der Waals surface area contributed by atoms with E-state index >= 15 is 0 Å². The van der Waals surface area contributed by atoms with Crippen LogP contribution in [0.4, 0.5) is 0 Å². The molecule has 1 unspecified atom stereocenters. The third-order valence-corrected chi connectivity index (χ3v) is 1.49. The molecule has 0 bridgehead atoms. The predicted molar refractivity (Wildman–Crippen MR) is 50.9 cm³/mol. The SMILES string of the molecule is C.C.CCCOC1CN1C(C)=O. The molecule has 0 spiro atoms. The molecule has 1 fully saturated rings. The van der Waals surface area contributed by atoms with Gasteiger partial charge in [0.2, 0.25) is 5.91 Å². The lowest BCUT2D eigenvalue weighted by atomic mass is 10.5. The van der Waals surface area contributed by atoms with Crippen molar-refractivity contribution in [2.45, 2.75) is 41.3 Å². The van der Waals surface area contributed by atoms with Gasteiger partial charge in [-0.1, -0.05) is 21.8 Å². The van der Waals surface area contributed by atoms with Crippen molar-refractivity contribution >= 4 is 5.91 Å². The fraction of sp³-hybridized carbons (Fsp3) is 0.889. The van der Waals surface area contributed by atoms with Crippen molar-refractivity contribution in [2.75, 3.05) is 13.2 Å². The van der Waals surface area contributed by atoms with Crippen LogP contribution < -0.4 is 0 Å². The molecule has 0 aromatic rings. The number of amides is 1. The lowest BCUT2D eigenvalue weighted by molar-refractivity contribution is -0.126. The van der Waals surface area contributed by atoms with Gasteiger partial charge in [-0.25, -0.2) is 0 Å². The molecule has 0 aromatic carbocycles. The van der Waals surface area contributed by atoms with E-state index in [4.69, 9.17) is 4.74 Å². The van der Waals surface area contributed by atoms with Gasteiger partial charge in [-0.15, -0.1) is 0 Å². The molecule has 1 aliphatic heterocycles. The second-order valence-corrected chi connectivity index (χ2v) is 2.50. The number of carbonyl (C=O) groups is 1. The molecule has 3 heteroatoms. The number of hydrogen-bond donors (Lipinski definition) is 0. The van der Waals surface area contributed by atoms with Gasteiger partial charge in [-0.2, -0.15) is 0 Å². The molecule has 1 heterocycles. The Bertz CT molecular complexity index is 136. The molecular formula is C9H21NO2. The van der Waals surface area contributed by atoms with E-state index < -0.39 is 0 Å². The maximum atomic E-state index is 10.6. The van der Waals surface area contributed by atoms with E-state index in [1.54, 1.807) is 11.8 Å². The Balaban J connectivity index is 0. The summed E-state index contributed by atoms with van der Waals surface area (Å²) in [5.74, 6) is 0.112. The molecule has 0 aromatic heterocycles. The highest BCUT2D eigenvalue weighted by Gasteiger charge is 2.36. The molecule has 1 aliphatic rings. The quantitative estimate of drug-likeness (QED) is 0.613. The normalized spacial score (nSPS) is 19.2. The van der Waals surface area contributed by atoms with Crippen molar-refractivity contribution < 1.29 is 9.53 Å². The second kappa shape index (κ2) is 6.00. The first-order chi connectivity index (χ1) is 4.75. The van der Waals surface area contributed by atoms with Crippen molar-refractivity contribution in [3.8, 4) is 0 Å². The Morgan fingerprint density at radius 1 is 1.58 bits per heavy atom. The van der Waals surface area contributed by atoms with Crippen LogP contribution in [0.2, 0.25) is 0 Å². The van der Waals surface area contributed by atoms with Gasteiger partial charge >= 0.3 is 0 Å². The highest BCUT2D eigenvalue weighted by atomic mass is 16.5. The summed E-state index contributed by atoms with van der Waals surface area (Å²) in [6, 6.07) is 0. The first kappa shape index (κ1) is 14.0. The highest BCUT2D eigenvalue weighted by molar-refractivity contribution is 5.75. The minimum atomic E-state index is 0. The van der Waals surface area contributed by atoms with E-state index in [1.165, 1.54) is 0 Å². The van der Waals surface area contributed by atoms with E-state index in [1.807, 2.05) is 0 Å². The zero-order valence-electron chi connectivity index (χ0n) is 6.46. The Kier molecular flexibility index (Phi) is 6.99. The molecule has 12 heavy (non-hydrogen) atoms. The van der Waals surface area contributed by atoms with Gasteiger partial charge in [-0.3, -0.25) is 4.79 Å². The summed E-state index contributed by atoms with van der Waals surface area (Å²) >= 11 is 0. The lowest BCUT2D eigenvalue weighted by Crippen LogP contribution is -2.10. The summed E-state index contributed by atoms with van der Waals surface area (Å²) in [4.78, 5) is 12.3. The van der Waals surface area contributed by atoms with Crippen molar-refractivity contribution in [2.24, 2.45) is 0 Å². The van der Waals surface area contributed by atoms with Crippen molar-refractivity contribution in [1.29, 1.82) is 0 Å². The topological polar surface area (TPSA) is 29.3 Å². The van der Waals surface area contributed by atoms with E-state index in [9.17, 15) is 4.79 Å². The monoisotopic (exact) mass is 175 g/mol. The fourth-order valence-electron chi connectivity index (χ4n) is 0.849. The molecule has 1 rings (SSSR count). The van der Waals surface area contributed by atoms with Crippen molar-refractivity contribution in [3.05, 3.63) is 0 Å². The standard InChI is InChI=1S/C7H13NO2.2CH4/c1-3-4-10-7-5-8(7)6(2)9;;/h7H,3-5H2,1-2H3;2*1H4. The minimum absolute atomic E-state index is 0. The maximum Gasteiger partial charge on any atom is 0.221 e. The zero-order valence-corrected chi connectivity index (χ0v) is 6.46. The average Bonchev–Trinajstić information content (AvgIpc) is 2.62. The lowest BCUT2D eigenvalue weighted by Gasteiger charge is -1.99. The summed E-state index contributed by atoms with van der Waals surface area (Å²) in [5, 5.41) is 0. The number of nitrogens with zero attached hydrogens (tertiary/aromatic N) is 1. The van der Waals surface area contributed by atoms with E-state index in [0.717, 1.165) is 19.6 Å². The van der Waals surface area contributed by atoms with Crippen molar-refractivity contribution in [3.63, 3.8) is 0 Å². The van der Waals surface area contributed by atoms with Crippen LogP contribution in [0.1, 0.15) is 35.1 Å². The Hall–Kier alpha value is -0.570. The summed E-state index contributed by atoms with van der Waals surface area (Å²) < 4.78 is 5.28. The number of ether oxygens (including phenoxy) is 1. The largest absolute Gasteiger partial charge is 0.356 e. The summed E-state index contributed by atoms with van der Waals surface area (Å²) in [6.07, 6.45) is 1.11. The van der Waals surface area contributed by atoms with Gasteiger partial charge in [0.1, 0.15) is 6.23 Å². The van der Waals surface area contributed by atoms with Crippen LogP contribution >= 0.6 is 0 Å². The van der Waals surface area contributed by atoms with E-state index in [0.29, 0.717) is 0 Å². The van der Waals surface area contributed by atoms with Crippen molar-refractivity contribution in [1.82, 2.24) is 4.90 Å². The Morgan fingerprint density at radius 2 is 2.17 bits per heavy atom. The molecular weight excluding hydrogens is 154 g/mol. The first-order valence-electron chi connectivity index (χ1n) is 3.64. The maximum absolute atomic E-state index is 10.6. The van der Waals surface area contributed by atoms with Crippen LogP contribution in [0.25, 0.3) is 0 Å². The van der Waals surface area contributed by atoms with Crippen LogP contribution in [-0.4, -0.2) is 30.2 Å². The third kappa shape index (κ3) is 3.72. The first-order valence-corrected chi connectivity index (χ1v) is 3.64. The average molecular weight is 175 g/mol. The van der Waals surface area contributed by atoms with E-state index in [2.05, 4.69) is 6.92 Å². The van der Waals surface area contributed by atoms with Gasteiger partial charge in [-0.05, 0) is 6.42 Å². The molecule has 1 saturated heterocycles. The smallest absolute Gasteiger partial charge is 0.221 e. The molecule has 0 saturated carbocycles. The van der Waals surface area contributed by atoms with E-state index in [-0.39, 0.29) is 27.0 Å². The van der Waals surface area contributed by atoms with Gasteiger partial charge in [0.25, 0.3) is 0 Å². The van der Waals surface area contributed by atoms with Gasteiger partial charge in [0, 0.05) is 13.5 Å². The Morgan fingerprint density at radius 3 is 2.50 bits per heavy atom. The van der Waals surface area contributed by atoms with Gasteiger partial charge in [0.15, 0.2) is 0 Å². The van der Waals surface area contributed by atoms with Crippen LogP contribution in [-0.2, 0) is 9.53 Å². The number of carbonyl (C=O) groups excluding carboxylic acids is 1. The molecule has 0 N–H and O–H groups in total. The fourth-order valence-corrected chi connectivity index (χ4v) is 0.849. The van der Waals surface area contributed by atoms with Crippen LogP contribution in [0.3, 0.4) is 0 Å². The molecule has 0 aliphatic carbocycles. The highest BCUT2D eigenvalue weighted by Crippen LogP contribution is 2.17. The molecule has 1 atom stereocenters. The molecule has 0 radical (unpaired) electrons. The Labute approximate surface area is 75.7 Å². The third-order valence-electron chi connectivity index (χ3n) is 1.49. The van der Waals surface area contributed by atoms with Gasteiger partial charge < -0.3 is 9.64 Å².